The quantitative estimate of drug-likeness (QED) is 0.415. The van der Waals surface area contributed by atoms with Crippen molar-refractivity contribution in [3.8, 4) is 0 Å². The molecule has 0 spiro atoms. The Labute approximate surface area is 194 Å². The maximum atomic E-state index is 13.2. The molecule has 3 aromatic heterocycles. The van der Waals surface area contributed by atoms with Gasteiger partial charge in [-0.25, -0.2) is 14.4 Å². The monoisotopic (exact) mass is 468 g/mol. The summed E-state index contributed by atoms with van der Waals surface area (Å²) >= 11 is 3.38. The highest BCUT2D eigenvalue weighted by Crippen LogP contribution is 2.35. The second kappa shape index (κ2) is 8.84. The fraction of sp³-hybridized carbons (Fsp3) is 0.375. The smallest absolute Gasteiger partial charge is 0.262 e. The Morgan fingerprint density at radius 2 is 2.09 bits per heavy atom. The summed E-state index contributed by atoms with van der Waals surface area (Å²) in [5.74, 6) is -0.246. The summed E-state index contributed by atoms with van der Waals surface area (Å²) in [5.41, 5.74) is 3.32. The number of thiophene rings is 1. The van der Waals surface area contributed by atoms with Gasteiger partial charge < -0.3 is 0 Å². The molecular formula is C24H25FN4OS2. The highest BCUT2D eigenvalue weighted by atomic mass is 32.1. The summed E-state index contributed by atoms with van der Waals surface area (Å²) in [6.07, 6.45) is 5.21. The van der Waals surface area contributed by atoms with Gasteiger partial charge in [0.05, 0.1) is 18.3 Å². The fourth-order valence-electron chi connectivity index (χ4n) is 4.44. The van der Waals surface area contributed by atoms with E-state index in [0.717, 1.165) is 52.3 Å². The lowest BCUT2D eigenvalue weighted by molar-refractivity contribution is 0.215. The fourth-order valence-corrected chi connectivity index (χ4v) is 6.52. The zero-order valence-corrected chi connectivity index (χ0v) is 19.8. The van der Waals surface area contributed by atoms with Crippen LogP contribution in [-0.2, 0) is 32.4 Å². The molecule has 8 heteroatoms. The van der Waals surface area contributed by atoms with Crippen LogP contribution in [0.2, 0.25) is 0 Å². The number of halogens is 1. The molecule has 0 N–H and O–H groups in total. The molecule has 1 aliphatic carbocycles. The lowest BCUT2D eigenvalue weighted by Gasteiger charge is -2.30. The third kappa shape index (κ3) is 4.27. The van der Waals surface area contributed by atoms with E-state index in [1.807, 2.05) is 6.92 Å². The molecular weight excluding hydrogens is 443 g/mol. The molecule has 0 amide bonds. The zero-order chi connectivity index (χ0) is 22.2. The predicted octanol–water partition coefficient (Wildman–Crippen LogP) is 4.59. The number of benzene rings is 1. The number of aromatic nitrogens is 3. The van der Waals surface area contributed by atoms with E-state index < -0.39 is 0 Å². The van der Waals surface area contributed by atoms with Crippen molar-refractivity contribution in [3.05, 3.63) is 78.8 Å². The first-order valence-electron chi connectivity index (χ1n) is 10.8. The first-order valence-corrected chi connectivity index (χ1v) is 12.5. The van der Waals surface area contributed by atoms with Gasteiger partial charge in [-0.1, -0.05) is 12.1 Å². The van der Waals surface area contributed by atoms with E-state index in [1.165, 1.54) is 22.6 Å². The van der Waals surface area contributed by atoms with Crippen molar-refractivity contribution in [3.63, 3.8) is 0 Å². The third-order valence-electron chi connectivity index (χ3n) is 6.24. The van der Waals surface area contributed by atoms with Crippen molar-refractivity contribution >= 4 is 32.9 Å². The van der Waals surface area contributed by atoms with Crippen molar-refractivity contribution in [2.75, 3.05) is 7.05 Å². The first-order chi connectivity index (χ1) is 15.5. The molecule has 4 aromatic rings. The van der Waals surface area contributed by atoms with Crippen LogP contribution in [0, 0.1) is 12.7 Å². The molecule has 0 fully saturated rings. The molecule has 0 radical (unpaired) electrons. The molecule has 0 aliphatic heterocycles. The number of likely N-dealkylation sites (N-methyl/N-ethyl adjacent to an activating group) is 1. The van der Waals surface area contributed by atoms with Crippen molar-refractivity contribution < 1.29 is 4.39 Å². The summed E-state index contributed by atoms with van der Waals surface area (Å²) in [5, 5.41) is 4.04. The van der Waals surface area contributed by atoms with Gasteiger partial charge in [0.15, 0.2) is 0 Å². The minimum atomic E-state index is -0.246. The van der Waals surface area contributed by atoms with E-state index in [9.17, 15) is 9.18 Å². The Morgan fingerprint density at radius 3 is 2.84 bits per heavy atom. The van der Waals surface area contributed by atoms with Crippen molar-refractivity contribution in [2.24, 2.45) is 0 Å². The van der Waals surface area contributed by atoms with E-state index in [2.05, 4.69) is 27.3 Å². The molecule has 0 saturated heterocycles. The van der Waals surface area contributed by atoms with E-state index >= 15 is 0 Å². The zero-order valence-electron chi connectivity index (χ0n) is 18.2. The number of nitrogens with zero attached hydrogens (tertiary/aromatic N) is 4. The van der Waals surface area contributed by atoms with Crippen LogP contribution in [0.3, 0.4) is 0 Å². The summed E-state index contributed by atoms with van der Waals surface area (Å²) in [4.78, 5) is 27.0. The number of aryl methyl sites for hydroxylation is 4. The highest BCUT2D eigenvalue weighted by molar-refractivity contribution is 7.18. The Kier molecular flexibility index (Phi) is 5.92. The lowest BCUT2D eigenvalue weighted by atomic mass is 9.92. The molecule has 5 nitrogen and oxygen atoms in total. The Hall–Kier alpha value is -2.42. The second-order valence-corrected chi connectivity index (χ2v) is 10.5. The molecule has 1 aliphatic rings. The van der Waals surface area contributed by atoms with Crippen LogP contribution in [0.15, 0.2) is 40.8 Å². The minimum Gasteiger partial charge on any atom is -0.298 e. The van der Waals surface area contributed by atoms with Crippen LogP contribution in [0.5, 0.6) is 0 Å². The maximum Gasteiger partial charge on any atom is 0.262 e. The van der Waals surface area contributed by atoms with Crippen molar-refractivity contribution in [1.29, 1.82) is 0 Å². The van der Waals surface area contributed by atoms with Crippen LogP contribution in [0.25, 0.3) is 10.2 Å². The molecule has 5 rings (SSSR count). The largest absolute Gasteiger partial charge is 0.298 e. The lowest BCUT2D eigenvalue weighted by Crippen LogP contribution is -2.35. The van der Waals surface area contributed by atoms with Gasteiger partial charge in [0.1, 0.15) is 15.7 Å². The van der Waals surface area contributed by atoms with E-state index in [1.54, 1.807) is 45.7 Å². The topological polar surface area (TPSA) is 51.0 Å². The van der Waals surface area contributed by atoms with Gasteiger partial charge in [-0.2, -0.15) is 0 Å². The Balaban J connectivity index is 1.34. The molecule has 1 aromatic carbocycles. The average molecular weight is 469 g/mol. The summed E-state index contributed by atoms with van der Waals surface area (Å²) in [6.45, 7) is 3.43. The van der Waals surface area contributed by atoms with Crippen LogP contribution in [0.1, 0.15) is 33.1 Å². The number of hydrogen-bond donors (Lipinski definition) is 0. The number of rotatable bonds is 6. The van der Waals surface area contributed by atoms with Crippen LogP contribution >= 0.6 is 22.7 Å². The van der Waals surface area contributed by atoms with Gasteiger partial charge >= 0.3 is 0 Å². The van der Waals surface area contributed by atoms with Crippen LogP contribution in [-0.4, -0.2) is 32.5 Å². The molecule has 1 atom stereocenters. The standard InChI is InChI=1S/C24H25FN4OS2/c1-15-13-31-21(27-15)12-28(2)18-7-8-19-20(11-18)32-23-22(19)24(30)29(14-26-23)10-9-16-3-5-17(25)6-4-16/h3-6,13-14,18H,7-12H2,1-2H3/t18-/m1/s1. The molecule has 166 valence electrons. The minimum absolute atomic E-state index is 0.0414. The summed E-state index contributed by atoms with van der Waals surface area (Å²) in [6, 6.07) is 6.89. The third-order valence-corrected chi connectivity index (χ3v) is 8.35. The van der Waals surface area contributed by atoms with Crippen LogP contribution < -0.4 is 5.56 Å². The number of fused-ring (bicyclic) bond motifs is 3. The number of thiazole rings is 1. The predicted molar refractivity (Wildman–Crippen MR) is 128 cm³/mol. The normalized spacial score (nSPS) is 16.1. The van der Waals surface area contributed by atoms with Gasteiger partial charge in [-0.05, 0) is 62.9 Å². The molecule has 0 bridgehead atoms. The average Bonchev–Trinajstić information content (AvgIpc) is 3.37. The van der Waals surface area contributed by atoms with Gasteiger partial charge in [0.2, 0.25) is 0 Å². The molecule has 0 unspecified atom stereocenters. The van der Waals surface area contributed by atoms with E-state index in [-0.39, 0.29) is 11.4 Å². The Morgan fingerprint density at radius 1 is 1.28 bits per heavy atom. The first kappa shape index (κ1) is 21.4. The van der Waals surface area contributed by atoms with Crippen molar-refractivity contribution in [2.45, 2.75) is 51.7 Å². The van der Waals surface area contributed by atoms with Crippen molar-refractivity contribution in [1.82, 2.24) is 19.4 Å². The summed E-state index contributed by atoms with van der Waals surface area (Å²) in [7, 11) is 2.17. The number of hydrogen-bond acceptors (Lipinski definition) is 6. The molecule has 0 saturated carbocycles. The second-order valence-electron chi connectivity index (χ2n) is 8.50. The van der Waals surface area contributed by atoms with Gasteiger partial charge in [-0.15, -0.1) is 22.7 Å². The molecule has 3 heterocycles. The Bertz CT molecular complexity index is 1310. The summed E-state index contributed by atoms with van der Waals surface area (Å²) < 4.78 is 14.8. The van der Waals surface area contributed by atoms with Gasteiger partial charge in [0, 0.05) is 28.5 Å². The van der Waals surface area contributed by atoms with Crippen LogP contribution in [0.4, 0.5) is 4.39 Å². The van der Waals surface area contributed by atoms with Gasteiger partial charge in [-0.3, -0.25) is 14.3 Å². The highest BCUT2D eigenvalue weighted by Gasteiger charge is 2.27. The SMILES string of the molecule is Cc1csc(CN(C)[C@@H]2CCc3c(sc4ncn(CCc5ccc(F)cc5)c(=O)c34)C2)n1. The van der Waals surface area contributed by atoms with E-state index in [4.69, 9.17) is 0 Å². The van der Waals surface area contributed by atoms with Gasteiger partial charge in [0.25, 0.3) is 5.56 Å². The van der Waals surface area contributed by atoms with E-state index in [0.29, 0.717) is 19.0 Å². The maximum absolute atomic E-state index is 13.2. The molecule has 32 heavy (non-hydrogen) atoms.